The van der Waals surface area contributed by atoms with E-state index in [4.69, 9.17) is 0 Å². The summed E-state index contributed by atoms with van der Waals surface area (Å²) in [6.45, 7) is 0. The highest BCUT2D eigenvalue weighted by Crippen LogP contribution is 2.01. The standard InChI is InChI=1S/C10H11NO3/c12-7-9(11-10(13)14)6-8-4-2-1-3-5-8/h1-5,7,9,11H,6H2,(H,13,14)/p-1. The number of rotatable bonds is 4. The van der Waals surface area contributed by atoms with Crippen LogP contribution >= 0.6 is 0 Å². The van der Waals surface area contributed by atoms with Crippen LogP contribution in [0.2, 0.25) is 0 Å². The first-order valence-electron chi connectivity index (χ1n) is 4.19. The number of hydrogen-bond acceptors (Lipinski definition) is 3. The van der Waals surface area contributed by atoms with Gasteiger partial charge in [0.25, 0.3) is 0 Å². The van der Waals surface area contributed by atoms with Gasteiger partial charge in [-0.15, -0.1) is 0 Å². The fraction of sp³-hybridized carbons (Fsp3) is 0.200. The van der Waals surface area contributed by atoms with Crippen LogP contribution in [0.5, 0.6) is 0 Å². The van der Waals surface area contributed by atoms with Crippen LogP contribution in [0.4, 0.5) is 4.79 Å². The van der Waals surface area contributed by atoms with E-state index in [0.29, 0.717) is 12.7 Å². The molecule has 14 heavy (non-hydrogen) atoms. The van der Waals surface area contributed by atoms with E-state index >= 15 is 0 Å². The van der Waals surface area contributed by atoms with Gasteiger partial charge in [-0.3, -0.25) is 0 Å². The van der Waals surface area contributed by atoms with Crippen LogP contribution in [-0.2, 0) is 11.2 Å². The molecule has 0 saturated heterocycles. The summed E-state index contributed by atoms with van der Waals surface area (Å²) in [5.74, 6) is 0. The SMILES string of the molecule is O=CC(Cc1ccccc1)NC(=O)[O-]. The second-order valence-electron chi connectivity index (χ2n) is 2.86. The summed E-state index contributed by atoms with van der Waals surface area (Å²) in [6.07, 6.45) is -0.528. The fourth-order valence-electron chi connectivity index (χ4n) is 1.15. The van der Waals surface area contributed by atoms with E-state index in [1.165, 1.54) is 0 Å². The van der Waals surface area contributed by atoms with Crippen LogP contribution in [0.15, 0.2) is 30.3 Å². The van der Waals surface area contributed by atoms with Crippen molar-refractivity contribution in [3.05, 3.63) is 35.9 Å². The van der Waals surface area contributed by atoms with Crippen LogP contribution < -0.4 is 10.4 Å². The average Bonchev–Trinajstić information content (AvgIpc) is 2.17. The number of carbonyl (C=O) groups excluding carboxylic acids is 2. The number of carbonyl (C=O) groups is 2. The second-order valence-corrected chi connectivity index (χ2v) is 2.86. The normalized spacial score (nSPS) is 11.7. The molecule has 0 aliphatic rings. The molecule has 1 aromatic rings. The number of amides is 1. The van der Waals surface area contributed by atoms with Gasteiger partial charge in [-0.1, -0.05) is 30.3 Å². The maximum atomic E-state index is 10.5. The molecule has 0 aliphatic carbocycles. The average molecular weight is 192 g/mol. The molecule has 1 unspecified atom stereocenters. The fourth-order valence-corrected chi connectivity index (χ4v) is 1.15. The van der Waals surface area contributed by atoms with Crippen molar-refractivity contribution in [1.82, 2.24) is 5.32 Å². The van der Waals surface area contributed by atoms with Crippen molar-refractivity contribution < 1.29 is 14.7 Å². The monoisotopic (exact) mass is 192 g/mol. The lowest BCUT2D eigenvalue weighted by Gasteiger charge is -2.13. The number of hydrogen-bond donors (Lipinski definition) is 1. The van der Waals surface area contributed by atoms with Gasteiger partial charge in [0.15, 0.2) is 0 Å². The largest absolute Gasteiger partial charge is 0.530 e. The molecule has 0 radical (unpaired) electrons. The van der Waals surface area contributed by atoms with Crippen LogP contribution in [-0.4, -0.2) is 18.4 Å². The Morgan fingerprint density at radius 3 is 2.57 bits per heavy atom. The Labute approximate surface area is 81.6 Å². The predicted octanol–water partition coefficient (Wildman–Crippen LogP) is -0.271. The van der Waals surface area contributed by atoms with Crippen molar-refractivity contribution >= 4 is 12.4 Å². The Hall–Kier alpha value is -1.84. The molecule has 0 fully saturated rings. The van der Waals surface area contributed by atoms with Crippen LogP contribution in [0.1, 0.15) is 5.56 Å². The Balaban J connectivity index is 2.57. The minimum Gasteiger partial charge on any atom is -0.530 e. The Morgan fingerprint density at radius 1 is 1.43 bits per heavy atom. The molecule has 74 valence electrons. The molecule has 0 aromatic heterocycles. The lowest BCUT2D eigenvalue weighted by atomic mass is 10.1. The molecule has 0 bridgehead atoms. The molecule has 1 atom stereocenters. The maximum absolute atomic E-state index is 10.5. The van der Waals surface area contributed by atoms with Gasteiger partial charge >= 0.3 is 0 Å². The third kappa shape index (κ3) is 3.26. The second kappa shape index (κ2) is 5.01. The minimum absolute atomic E-state index is 0.346. The summed E-state index contributed by atoms with van der Waals surface area (Å²) in [5.41, 5.74) is 0.901. The van der Waals surface area contributed by atoms with E-state index in [9.17, 15) is 14.7 Å². The van der Waals surface area contributed by atoms with Crippen molar-refractivity contribution in [3.63, 3.8) is 0 Å². The predicted molar refractivity (Wildman–Crippen MR) is 48.5 cm³/mol. The summed E-state index contributed by atoms with van der Waals surface area (Å²) < 4.78 is 0. The van der Waals surface area contributed by atoms with E-state index in [1.807, 2.05) is 35.6 Å². The van der Waals surface area contributed by atoms with Gasteiger partial charge < -0.3 is 20.0 Å². The smallest absolute Gasteiger partial charge is 0.142 e. The third-order valence-electron chi connectivity index (χ3n) is 1.77. The first kappa shape index (κ1) is 10.2. The molecular weight excluding hydrogens is 182 g/mol. The molecule has 1 N–H and O–H groups in total. The van der Waals surface area contributed by atoms with Crippen LogP contribution in [0.25, 0.3) is 0 Å². The molecule has 0 heterocycles. The number of carboxylic acid groups (broad SMARTS) is 1. The lowest BCUT2D eigenvalue weighted by Crippen LogP contribution is -2.45. The van der Waals surface area contributed by atoms with Gasteiger partial charge in [-0.05, 0) is 12.0 Å². The van der Waals surface area contributed by atoms with Crippen molar-refractivity contribution in [2.24, 2.45) is 0 Å². The van der Waals surface area contributed by atoms with Gasteiger partial charge in [0.05, 0.1) is 6.04 Å². The number of aldehydes is 1. The Bertz CT molecular complexity index is 310. The molecule has 0 saturated carbocycles. The zero-order chi connectivity index (χ0) is 10.4. The van der Waals surface area contributed by atoms with Crippen LogP contribution in [0, 0.1) is 0 Å². The summed E-state index contributed by atoms with van der Waals surface area (Å²) in [6, 6.07) is 8.43. The van der Waals surface area contributed by atoms with Gasteiger partial charge in [-0.25, -0.2) is 0 Å². The van der Waals surface area contributed by atoms with Gasteiger partial charge in [0.2, 0.25) is 0 Å². The molecule has 0 aliphatic heterocycles. The molecule has 1 amide bonds. The zero-order valence-electron chi connectivity index (χ0n) is 7.47. The zero-order valence-corrected chi connectivity index (χ0v) is 7.47. The molecule has 4 heteroatoms. The first-order valence-corrected chi connectivity index (χ1v) is 4.19. The van der Waals surface area contributed by atoms with E-state index in [0.717, 1.165) is 5.56 Å². The van der Waals surface area contributed by atoms with E-state index < -0.39 is 12.1 Å². The van der Waals surface area contributed by atoms with Gasteiger partial charge in [-0.2, -0.15) is 0 Å². The number of nitrogens with one attached hydrogen (secondary N) is 1. The van der Waals surface area contributed by atoms with Crippen molar-refractivity contribution in [2.45, 2.75) is 12.5 Å². The highest BCUT2D eigenvalue weighted by Gasteiger charge is 2.06. The first-order chi connectivity index (χ1) is 6.72. The molecule has 0 spiro atoms. The third-order valence-corrected chi connectivity index (χ3v) is 1.77. The lowest BCUT2D eigenvalue weighted by molar-refractivity contribution is -0.251. The molecule has 1 rings (SSSR count). The summed E-state index contributed by atoms with van der Waals surface area (Å²) in [4.78, 5) is 20.7. The van der Waals surface area contributed by atoms with Gasteiger partial charge in [0, 0.05) is 0 Å². The Morgan fingerprint density at radius 2 is 2.07 bits per heavy atom. The van der Waals surface area contributed by atoms with Crippen molar-refractivity contribution in [2.75, 3.05) is 0 Å². The summed E-state index contributed by atoms with van der Waals surface area (Å²) in [5, 5.41) is 12.2. The van der Waals surface area contributed by atoms with Crippen molar-refractivity contribution in [1.29, 1.82) is 0 Å². The molecule has 4 nitrogen and oxygen atoms in total. The summed E-state index contributed by atoms with van der Waals surface area (Å²) >= 11 is 0. The topological polar surface area (TPSA) is 69.2 Å². The van der Waals surface area contributed by atoms with E-state index in [2.05, 4.69) is 0 Å². The highest BCUT2D eigenvalue weighted by atomic mass is 16.4. The quantitative estimate of drug-likeness (QED) is 0.667. The molecule has 1 aromatic carbocycles. The number of benzene rings is 1. The van der Waals surface area contributed by atoms with E-state index in [-0.39, 0.29) is 0 Å². The Kier molecular flexibility index (Phi) is 3.67. The minimum atomic E-state index is -1.43. The van der Waals surface area contributed by atoms with Crippen molar-refractivity contribution in [3.8, 4) is 0 Å². The van der Waals surface area contributed by atoms with Gasteiger partial charge in [0.1, 0.15) is 12.4 Å². The van der Waals surface area contributed by atoms with Crippen LogP contribution in [0.3, 0.4) is 0 Å². The summed E-state index contributed by atoms with van der Waals surface area (Å²) in [7, 11) is 0. The maximum Gasteiger partial charge on any atom is 0.142 e. The highest BCUT2D eigenvalue weighted by molar-refractivity contribution is 5.70. The molecular formula is C10H10NO3-. The van der Waals surface area contributed by atoms with E-state index in [1.54, 1.807) is 0 Å².